The van der Waals surface area contributed by atoms with Crippen LogP contribution in [0.15, 0.2) is 12.1 Å². The Labute approximate surface area is 217 Å². The zero-order chi connectivity index (χ0) is 26.0. The summed E-state index contributed by atoms with van der Waals surface area (Å²) < 4.78 is 11.6. The van der Waals surface area contributed by atoms with Crippen LogP contribution in [-0.2, 0) is 16.0 Å². The molecule has 0 aliphatic carbocycles. The number of hydrogen-bond acceptors (Lipinski definition) is 7. The van der Waals surface area contributed by atoms with Crippen LogP contribution in [0.5, 0.6) is 11.5 Å². The molecule has 0 aromatic heterocycles. The summed E-state index contributed by atoms with van der Waals surface area (Å²) in [5.41, 5.74) is 1.92. The molecule has 198 valence electrons. The van der Waals surface area contributed by atoms with E-state index in [0.717, 1.165) is 69.0 Å². The van der Waals surface area contributed by atoms with Gasteiger partial charge in [-0.3, -0.25) is 14.5 Å². The van der Waals surface area contributed by atoms with E-state index in [1.165, 1.54) is 0 Å². The lowest BCUT2D eigenvalue weighted by molar-refractivity contribution is -0.135. The number of likely N-dealkylation sites (N-methyl/N-ethyl adjacent to an activating group) is 1. The summed E-state index contributed by atoms with van der Waals surface area (Å²) in [7, 11) is 4.03. The molecular formula is C27H45N3O4S. The number of esters is 1. The van der Waals surface area contributed by atoms with E-state index in [0.29, 0.717) is 25.2 Å². The number of thiol groups is 1. The highest BCUT2D eigenvalue weighted by Gasteiger charge is 2.24. The smallest absolute Gasteiger partial charge is 0.311 e. The second-order valence-corrected chi connectivity index (χ2v) is 11.6. The van der Waals surface area contributed by atoms with Crippen LogP contribution in [0.2, 0.25) is 0 Å². The molecule has 0 unspecified atom stereocenters. The van der Waals surface area contributed by atoms with Crippen molar-refractivity contribution in [3.8, 4) is 11.5 Å². The maximum atomic E-state index is 12.6. The standard InChI is InChI=1S/C27H45N3O4S/c1-7-9-22-19-23(21(2)18-24(22)33-17-16-28(5)6)34-26(32)11-8-10-25(31)30-14-12-29(13-15-30)20-27(3,4)35/h18-19,35H,7-17,20H2,1-6H3. The minimum absolute atomic E-state index is 0.0401. The molecule has 0 spiro atoms. The molecule has 1 saturated heterocycles. The number of benzene rings is 1. The van der Waals surface area contributed by atoms with Crippen LogP contribution in [0.3, 0.4) is 0 Å². The van der Waals surface area contributed by atoms with Gasteiger partial charge in [0.15, 0.2) is 0 Å². The largest absolute Gasteiger partial charge is 0.492 e. The van der Waals surface area contributed by atoms with Crippen molar-refractivity contribution in [3.63, 3.8) is 0 Å². The van der Waals surface area contributed by atoms with Gasteiger partial charge in [0.1, 0.15) is 18.1 Å². The van der Waals surface area contributed by atoms with E-state index in [2.05, 4.69) is 43.2 Å². The van der Waals surface area contributed by atoms with Crippen LogP contribution in [0.4, 0.5) is 0 Å². The fourth-order valence-electron chi connectivity index (χ4n) is 4.17. The molecule has 7 nitrogen and oxygen atoms in total. The fraction of sp³-hybridized carbons (Fsp3) is 0.704. The van der Waals surface area contributed by atoms with Crippen molar-refractivity contribution in [3.05, 3.63) is 23.3 Å². The van der Waals surface area contributed by atoms with Crippen LogP contribution in [-0.4, -0.2) is 91.3 Å². The van der Waals surface area contributed by atoms with Crippen molar-refractivity contribution in [2.45, 2.75) is 64.5 Å². The lowest BCUT2D eigenvalue weighted by Gasteiger charge is -2.37. The zero-order valence-electron chi connectivity index (χ0n) is 22.6. The average Bonchev–Trinajstić information content (AvgIpc) is 2.76. The number of hydrogen-bond donors (Lipinski definition) is 1. The van der Waals surface area contributed by atoms with Crippen LogP contribution in [0.1, 0.15) is 57.6 Å². The van der Waals surface area contributed by atoms with Crippen LogP contribution < -0.4 is 9.47 Å². The van der Waals surface area contributed by atoms with Crippen molar-refractivity contribution < 1.29 is 19.1 Å². The van der Waals surface area contributed by atoms with E-state index in [4.69, 9.17) is 9.47 Å². The molecule has 35 heavy (non-hydrogen) atoms. The Bertz CT molecular complexity index is 830. The van der Waals surface area contributed by atoms with Gasteiger partial charge in [-0.2, -0.15) is 12.6 Å². The van der Waals surface area contributed by atoms with Crippen molar-refractivity contribution >= 4 is 24.5 Å². The summed E-state index contributed by atoms with van der Waals surface area (Å²) in [5, 5.41) is 0. The molecule has 1 aliphatic rings. The minimum Gasteiger partial charge on any atom is -0.492 e. The molecule has 0 saturated carbocycles. The van der Waals surface area contributed by atoms with Crippen molar-refractivity contribution in [2.24, 2.45) is 0 Å². The van der Waals surface area contributed by atoms with Crippen LogP contribution >= 0.6 is 12.6 Å². The SMILES string of the molecule is CCCc1cc(OC(=O)CCCC(=O)N2CCN(CC(C)(C)S)CC2)c(C)cc1OCCN(C)C. The number of amides is 1. The topological polar surface area (TPSA) is 62.3 Å². The third-order valence-electron chi connectivity index (χ3n) is 6.00. The first kappa shape index (κ1) is 29.5. The summed E-state index contributed by atoms with van der Waals surface area (Å²) in [6.45, 7) is 13.8. The maximum absolute atomic E-state index is 12.6. The molecular weight excluding hydrogens is 462 g/mol. The molecule has 1 aromatic carbocycles. The third-order valence-corrected chi connectivity index (χ3v) is 6.15. The molecule has 1 amide bonds. The Morgan fingerprint density at radius 2 is 1.77 bits per heavy atom. The molecule has 2 rings (SSSR count). The lowest BCUT2D eigenvalue weighted by atomic mass is 10.1. The van der Waals surface area contributed by atoms with Crippen LogP contribution in [0.25, 0.3) is 0 Å². The van der Waals surface area contributed by atoms with E-state index in [9.17, 15) is 9.59 Å². The molecule has 8 heteroatoms. The summed E-state index contributed by atoms with van der Waals surface area (Å²) in [6.07, 6.45) is 2.92. The quantitative estimate of drug-likeness (QED) is 0.249. The summed E-state index contributed by atoms with van der Waals surface area (Å²) in [5.74, 6) is 1.25. The summed E-state index contributed by atoms with van der Waals surface area (Å²) >= 11 is 4.60. The predicted molar refractivity (Wildman–Crippen MR) is 145 cm³/mol. The van der Waals surface area contributed by atoms with E-state index in [1.807, 2.05) is 38.1 Å². The molecule has 0 N–H and O–H groups in total. The molecule has 0 bridgehead atoms. The number of carbonyl (C=O) groups is 2. The number of nitrogens with zero attached hydrogens (tertiary/aromatic N) is 3. The first-order chi connectivity index (χ1) is 16.5. The Morgan fingerprint density at radius 3 is 2.37 bits per heavy atom. The monoisotopic (exact) mass is 507 g/mol. The number of piperazine rings is 1. The zero-order valence-corrected chi connectivity index (χ0v) is 23.5. The highest BCUT2D eigenvalue weighted by Crippen LogP contribution is 2.30. The molecule has 0 radical (unpaired) electrons. The lowest BCUT2D eigenvalue weighted by Crippen LogP contribution is -2.51. The van der Waals surface area contributed by atoms with Crippen molar-refractivity contribution in [1.29, 1.82) is 0 Å². The van der Waals surface area contributed by atoms with Gasteiger partial charge in [0, 0.05) is 56.9 Å². The van der Waals surface area contributed by atoms with Crippen molar-refractivity contribution in [2.75, 3.05) is 60.0 Å². The fourth-order valence-corrected chi connectivity index (χ4v) is 4.37. The highest BCUT2D eigenvalue weighted by atomic mass is 32.1. The number of rotatable bonds is 13. The van der Waals surface area contributed by atoms with Gasteiger partial charge in [0.25, 0.3) is 0 Å². The first-order valence-corrected chi connectivity index (χ1v) is 13.3. The number of carbonyl (C=O) groups excluding carboxylic acids is 2. The van der Waals surface area contributed by atoms with E-state index in [1.54, 1.807) is 0 Å². The van der Waals surface area contributed by atoms with E-state index >= 15 is 0 Å². The molecule has 1 aromatic rings. The predicted octanol–water partition coefficient (Wildman–Crippen LogP) is 3.82. The van der Waals surface area contributed by atoms with E-state index in [-0.39, 0.29) is 23.0 Å². The first-order valence-electron chi connectivity index (χ1n) is 12.8. The Hall–Kier alpha value is -1.77. The normalized spacial score (nSPS) is 14.9. The van der Waals surface area contributed by atoms with Gasteiger partial charge in [-0.25, -0.2) is 0 Å². The average molecular weight is 508 g/mol. The third kappa shape index (κ3) is 10.8. The highest BCUT2D eigenvalue weighted by molar-refractivity contribution is 7.81. The number of aryl methyl sites for hydroxylation is 2. The second-order valence-electron chi connectivity index (χ2n) is 10.4. The summed E-state index contributed by atoms with van der Waals surface area (Å²) in [6, 6.07) is 3.89. The maximum Gasteiger partial charge on any atom is 0.311 e. The molecule has 1 fully saturated rings. The Kier molecular flexibility index (Phi) is 11.9. The van der Waals surface area contributed by atoms with Gasteiger partial charge in [-0.05, 0) is 71.0 Å². The van der Waals surface area contributed by atoms with Gasteiger partial charge in [0.05, 0.1) is 0 Å². The van der Waals surface area contributed by atoms with Gasteiger partial charge >= 0.3 is 5.97 Å². The van der Waals surface area contributed by atoms with E-state index < -0.39 is 0 Å². The van der Waals surface area contributed by atoms with Crippen molar-refractivity contribution in [1.82, 2.24) is 14.7 Å². The van der Waals surface area contributed by atoms with Gasteiger partial charge < -0.3 is 19.3 Å². The van der Waals surface area contributed by atoms with Gasteiger partial charge in [0.2, 0.25) is 5.91 Å². The van der Waals surface area contributed by atoms with Gasteiger partial charge in [-0.15, -0.1) is 0 Å². The number of ether oxygens (including phenoxy) is 2. The molecule has 0 atom stereocenters. The van der Waals surface area contributed by atoms with Gasteiger partial charge in [-0.1, -0.05) is 13.3 Å². The Morgan fingerprint density at radius 1 is 1.09 bits per heavy atom. The second kappa shape index (κ2) is 14.1. The molecule has 1 heterocycles. The molecule has 1 aliphatic heterocycles. The van der Waals surface area contributed by atoms with Crippen LogP contribution in [0, 0.1) is 6.92 Å². The minimum atomic E-state index is -0.301. The Balaban J connectivity index is 1.81. The summed E-state index contributed by atoms with van der Waals surface area (Å²) in [4.78, 5) is 31.4.